The lowest BCUT2D eigenvalue weighted by atomic mass is 10.3. The first-order valence-corrected chi connectivity index (χ1v) is 4.71. The summed E-state index contributed by atoms with van der Waals surface area (Å²) in [5, 5.41) is 6.98. The number of halogens is 1. The summed E-state index contributed by atoms with van der Waals surface area (Å²) in [6, 6.07) is 0. The highest BCUT2D eigenvalue weighted by molar-refractivity contribution is 6.29. The molecule has 0 radical (unpaired) electrons. The van der Waals surface area contributed by atoms with Crippen molar-refractivity contribution in [2.75, 3.05) is 12.3 Å². The van der Waals surface area contributed by atoms with Crippen molar-refractivity contribution in [2.45, 2.75) is 6.92 Å². The van der Waals surface area contributed by atoms with Gasteiger partial charge in [-0.3, -0.25) is 9.48 Å². The van der Waals surface area contributed by atoms with E-state index in [9.17, 15) is 4.79 Å². The standard InChI is InChI=1S/C9H13ClN4O/c1-5(10)4-12-9(15)8-7(11)6(2)13-14(8)3/h1,4,11H2,2-3H3,(H,12,15). The number of hydrogen-bond acceptors (Lipinski definition) is 3. The summed E-state index contributed by atoms with van der Waals surface area (Å²) in [5.74, 6) is -0.308. The molecule has 0 fully saturated rings. The van der Waals surface area contributed by atoms with E-state index in [2.05, 4.69) is 17.0 Å². The molecule has 0 saturated heterocycles. The minimum atomic E-state index is -0.308. The van der Waals surface area contributed by atoms with Crippen molar-refractivity contribution >= 4 is 23.2 Å². The summed E-state index contributed by atoms with van der Waals surface area (Å²) in [7, 11) is 1.66. The third-order valence-corrected chi connectivity index (χ3v) is 2.06. The van der Waals surface area contributed by atoms with Crippen molar-refractivity contribution in [2.24, 2.45) is 7.05 Å². The fraction of sp³-hybridized carbons (Fsp3) is 0.333. The normalized spacial score (nSPS) is 10.1. The van der Waals surface area contributed by atoms with Crippen molar-refractivity contribution in [3.8, 4) is 0 Å². The first kappa shape index (κ1) is 11.6. The molecule has 15 heavy (non-hydrogen) atoms. The molecule has 5 nitrogen and oxygen atoms in total. The van der Waals surface area contributed by atoms with E-state index in [-0.39, 0.29) is 12.5 Å². The van der Waals surface area contributed by atoms with E-state index in [0.717, 1.165) is 0 Å². The quantitative estimate of drug-likeness (QED) is 0.804. The summed E-state index contributed by atoms with van der Waals surface area (Å²) in [6.07, 6.45) is 0. The zero-order valence-electron chi connectivity index (χ0n) is 8.67. The molecule has 1 aromatic rings. The number of nitrogens with two attached hydrogens (primary N) is 1. The SMILES string of the molecule is C=C(Cl)CNC(=O)c1c(N)c(C)nn1C. The predicted octanol–water partition coefficient (Wildman–Crippen LogP) is 0.793. The Morgan fingerprint density at radius 1 is 1.73 bits per heavy atom. The number of carbonyl (C=O) groups is 1. The second kappa shape index (κ2) is 4.35. The molecule has 0 aliphatic carbocycles. The van der Waals surface area contributed by atoms with Gasteiger partial charge in [-0.25, -0.2) is 0 Å². The molecule has 0 bridgehead atoms. The topological polar surface area (TPSA) is 72.9 Å². The first-order valence-electron chi connectivity index (χ1n) is 4.34. The molecular formula is C9H13ClN4O. The Hall–Kier alpha value is -1.49. The van der Waals surface area contributed by atoms with E-state index in [1.54, 1.807) is 14.0 Å². The maximum Gasteiger partial charge on any atom is 0.271 e. The number of rotatable bonds is 3. The van der Waals surface area contributed by atoms with Crippen LogP contribution in [0.15, 0.2) is 11.6 Å². The molecule has 6 heteroatoms. The molecule has 1 heterocycles. The highest BCUT2D eigenvalue weighted by Crippen LogP contribution is 2.14. The van der Waals surface area contributed by atoms with E-state index in [4.69, 9.17) is 17.3 Å². The van der Waals surface area contributed by atoms with Gasteiger partial charge in [-0.1, -0.05) is 18.2 Å². The fourth-order valence-corrected chi connectivity index (χ4v) is 1.27. The van der Waals surface area contributed by atoms with Crippen LogP contribution in [0.5, 0.6) is 0 Å². The van der Waals surface area contributed by atoms with Gasteiger partial charge in [0.15, 0.2) is 0 Å². The Morgan fingerprint density at radius 2 is 2.33 bits per heavy atom. The minimum Gasteiger partial charge on any atom is -0.395 e. The number of nitrogen functional groups attached to an aromatic ring is 1. The zero-order chi connectivity index (χ0) is 11.6. The highest BCUT2D eigenvalue weighted by atomic mass is 35.5. The van der Waals surface area contributed by atoms with Crippen LogP contribution in [0.2, 0.25) is 0 Å². The molecule has 0 atom stereocenters. The van der Waals surface area contributed by atoms with Crippen molar-refractivity contribution in [1.82, 2.24) is 15.1 Å². The number of aryl methyl sites for hydroxylation is 2. The van der Waals surface area contributed by atoms with Crippen LogP contribution in [0.4, 0.5) is 5.69 Å². The number of anilines is 1. The predicted molar refractivity (Wildman–Crippen MR) is 59.7 cm³/mol. The van der Waals surface area contributed by atoms with Crippen LogP contribution in [0.1, 0.15) is 16.2 Å². The molecular weight excluding hydrogens is 216 g/mol. The largest absolute Gasteiger partial charge is 0.395 e. The Kier molecular flexibility index (Phi) is 3.36. The second-order valence-corrected chi connectivity index (χ2v) is 3.71. The van der Waals surface area contributed by atoms with Crippen molar-refractivity contribution in [3.63, 3.8) is 0 Å². The van der Waals surface area contributed by atoms with E-state index in [0.29, 0.717) is 22.1 Å². The molecule has 82 valence electrons. The Labute approximate surface area is 92.9 Å². The number of hydrogen-bond donors (Lipinski definition) is 2. The molecule has 3 N–H and O–H groups in total. The van der Waals surface area contributed by atoms with Gasteiger partial charge in [0.05, 0.1) is 17.9 Å². The van der Waals surface area contributed by atoms with Crippen LogP contribution in [0.3, 0.4) is 0 Å². The lowest BCUT2D eigenvalue weighted by Crippen LogP contribution is -2.27. The highest BCUT2D eigenvalue weighted by Gasteiger charge is 2.17. The van der Waals surface area contributed by atoms with Gasteiger partial charge in [0.25, 0.3) is 5.91 Å². The lowest BCUT2D eigenvalue weighted by Gasteiger charge is -2.04. The summed E-state index contributed by atoms with van der Waals surface area (Å²) in [6.45, 7) is 5.42. The second-order valence-electron chi connectivity index (χ2n) is 3.17. The summed E-state index contributed by atoms with van der Waals surface area (Å²) in [4.78, 5) is 11.7. The molecule has 0 aliphatic heterocycles. The average molecular weight is 229 g/mol. The number of nitrogens with one attached hydrogen (secondary N) is 1. The van der Waals surface area contributed by atoms with Gasteiger partial charge in [-0.05, 0) is 6.92 Å². The van der Waals surface area contributed by atoms with Crippen LogP contribution < -0.4 is 11.1 Å². The molecule has 1 aromatic heterocycles. The lowest BCUT2D eigenvalue weighted by molar-refractivity contribution is 0.0949. The number of nitrogens with zero attached hydrogens (tertiary/aromatic N) is 2. The third kappa shape index (κ3) is 2.50. The van der Waals surface area contributed by atoms with Crippen molar-refractivity contribution in [3.05, 3.63) is 23.0 Å². The van der Waals surface area contributed by atoms with Gasteiger partial charge >= 0.3 is 0 Å². The minimum absolute atomic E-state index is 0.212. The molecule has 1 amide bonds. The van der Waals surface area contributed by atoms with Gasteiger partial charge in [-0.2, -0.15) is 5.10 Å². The van der Waals surface area contributed by atoms with Crippen LogP contribution in [0, 0.1) is 6.92 Å². The molecule has 0 spiro atoms. The Balaban J connectivity index is 2.86. The maximum atomic E-state index is 11.7. The van der Waals surface area contributed by atoms with Crippen molar-refractivity contribution in [1.29, 1.82) is 0 Å². The molecule has 1 rings (SSSR count). The van der Waals surface area contributed by atoms with Crippen LogP contribution in [-0.4, -0.2) is 22.2 Å². The summed E-state index contributed by atoms with van der Waals surface area (Å²) >= 11 is 5.53. The molecule has 0 unspecified atom stereocenters. The maximum absolute atomic E-state index is 11.7. The number of amides is 1. The van der Waals surface area contributed by atoms with E-state index >= 15 is 0 Å². The fourth-order valence-electron chi connectivity index (χ4n) is 1.20. The average Bonchev–Trinajstić information content (AvgIpc) is 2.37. The molecule has 0 aromatic carbocycles. The smallest absolute Gasteiger partial charge is 0.271 e. The van der Waals surface area contributed by atoms with Gasteiger partial charge in [0.2, 0.25) is 0 Å². The van der Waals surface area contributed by atoms with Gasteiger partial charge < -0.3 is 11.1 Å². The first-order chi connectivity index (χ1) is 6.93. The van der Waals surface area contributed by atoms with Crippen LogP contribution in [-0.2, 0) is 7.05 Å². The van der Waals surface area contributed by atoms with Gasteiger partial charge in [0, 0.05) is 12.1 Å². The Bertz CT molecular complexity index is 410. The van der Waals surface area contributed by atoms with E-state index in [1.807, 2.05) is 0 Å². The molecule has 0 aliphatic rings. The third-order valence-electron chi connectivity index (χ3n) is 1.92. The molecule has 0 saturated carbocycles. The van der Waals surface area contributed by atoms with Crippen LogP contribution >= 0.6 is 11.6 Å². The van der Waals surface area contributed by atoms with E-state index < -0.39 is 0 Å². The van der Waals surface area contributed by atoms with Crippen LogP contribution in [0.25, 0.3) is 0 Å². The summed E-state index contributed by atoms with van der Waals surface area (Å²) in [5.41, 5.74) is 7.07. The van der Waals surface area contributed by atoms with Gasteiger partial charge in [0.1, 0.15) is 5.69 Å². The van der Waals surface area contributed by atoms with Gasteiger partial charge in [-0.15, -0.1) is 0 Å². The Morgan fingerprint density at radius 3 is 2.73 bits per heavy atom. The van der Waals surface area contributed by atoms with E-state index in [1.165, 1.54) is 4.68 Å². The monoisotopic (exact) mass is 228 g/mol. The zero-order valence-corrected chi connectivity index (χ0v) is 9.43. The number of carbonyl (C=O) groups excluding carboxylic acids is 1. The summed E-state index contributed by atoms with van der Waals surface area (Å²) < 4.78 is 1.44. The number of aromatic nitrogens is 2. The van der Waals surface area contributed by atoms with Crippen molar-refractivity contribution < 1.29 is 4.79 Å².